The highest BCUT2D eigenvalue weighted by Gasteiger charge is 2.32. The molecule has 0 heterocycles. The van der Waals surface area contributed by atoms with Gasteiger partial charge in [0.1, 0.15) is 6.79 Å². The average Bonchev–Trinajstić information content (AvgIpc) is 2.39. The van der Waals surface area contributed by atoms with Gasteiger partial charge in [0.25, 0.3) is 0 Å². The molecule has 0 unspecified atom stereocenters. The molecule has 0 spiro atoms. The monoisotopic (exact) mass is 144 g/mol. The van der Waals surface area contributed by atoms with Gasteiger partial charge in [-0.15, -0.1) is 0 Å². The minimum Gasteiger partial charge on any atom is -0.371 e. The third kappa shape index (κ3) is 1.50. The van der Waals surface area contributed by atoms with Crippen molar-refractivity contribution in [3.05, 3.63) is 0 Å². The molecular weight excluding hydrogens is 128 g/mol. The van der Waals surface area contributed by atoms with E-state index < -0.39 is 0 Å². The highest BCUT2D eigenvalue weighted by molar-refractivity contribution is 4.84. The van der Waals surface area contributed by atoms with E-state index in [0.717, 1.165) is 19.3 Å². The third-order valence-corrected chi connectivity index (χ3v) is 2.53. The Bertz CT molecular complexity index is 95.4. The van der Waals surface area contributed by atoms with Gasteiger partial charge in [-0.2, -0.15) is 0 Å². The summed E-state index contributed by atoms with van der Waals surface area (Å²) < 4.78 is 5.30. The maximum absolute atomic E-state index is 8.60. The Balaban J connectivity index is 2.41. The number of ether oxygens (including phenoxy) is 1. The van der Waals surface area contributed by atoms with Gasteiger partial charge in [-0.05, 0) is 19.3 Å². The molecule has 1 aliphatic carbocycles. The van der Waals surface area contributed by atoms with Crippen LogP contribution in [-0.2, 0) is 4.74 Å². The van der Waals surface area contributed by atoms with Crippen molar-refractivity contribution in [1.29, 1.82) is 0 Å². The highest BCUT2D eigenvalue weighted by atomic mass is 16.6. The lowest BCUT2D eigenvalue weighted by molar-refractivity contribution is -0.115. The molecule has 60 valence electrons. The summed E-state index contributed by atoms with van der Waals surface area (Å²) in [6.07, 6.45) is 5.81. The van der Waals surface area contributed by atoms with Crippen molar-refractivity contribution in [3.63, 3.8) is 0 Å². The molecule has 2 nitrogen and oxygen atoms in total. The molecule has 0 saturated heterocycles. The Labute approximate surface area is 62.2 Å². The molecule has 0 aromatic heterocycles. The van der Waals surface area contributed by atoms with Crippen LogP contribution in [0.3, 0.4) is 0 Å². The van der Waals surface area contributed by atoms with Crippen LogP contribution in [0.1, 0.15) is 39.0 Å². The Morgan fingerprint density at radius 2 is 2.00 bits per heavy atom. The Morgan fingerprint density at radius 3 is 2.40 bits per heavy atom. The molecule has 2 heteroatoms. The number of aliphatic hydroxyl groups excluding tert-OH is 1. The molecule has 0 bridgehead atoms. The lowest BCUT2D eigenvalue weighted by Crippen LogP contribution is -2.28. The van der Waals surface area contributed by atoms with Gasteiger partial charge < -0.3 is 9.84 Å². The van der Waals surface area contributed by atoms with Crippen LogP contribution in [0.5, 0.6) is 0 Å². The highest BCUT2D eigenvalue weighted by Crippen LogP contribution is 2.35. The summed E-state index contributed by atoms with van der Waals surface area (Å²) in [4.78, 5) is 0. The fourth-order valence-corrected chi connectivity index (χ4v) is 1.76. The molecule has 0 radical (unpaired) electrons. The van der Waals surface area contributed by atoms with Crippen molar-refractivity contribution in [3.8, 4) is 0 Å². The lowest BCUT2D eigenvalue weighted by Gasteiger charge is -2.26. The van der Waals surface area contributed by atoms with Crippen LogP contribution in [-0.4, -0.2) is 17.5 Å². The molecule has 1 aliphatic rings. The first-order valence-corrected chi connectivity index (χ1v) is 4.08. The molecule has 1 fully saturated rings. The summed E-state index contributed by atoms with van der Waals surface area (Å²) in [5.41, 5.74) is 0.0365. The van der Waals surface area contributed by atoms with E-state index >= 15 is 0 Å². The Hall–Kier alpha value is -0.0800. The van der Waals surface area contributed by atoms with Gasteiger partial charge in [-0.25, -0.2) is 0 Å². The molecule has 0 amide bonds. The topological polar surface area (TPSA) is 29.5 Å². The molecule has 1 saturated carbocycles. The summed E-state index contributed by atoms with van der Waals surface area (Å²) >= 11 is 0. The molecule has 10 heavy (non-hydrogen) atoms. The zero-order valence-electron chi connectivity index (χ0n) is 6.60. The first-order valence-electron chi connectivity index (χ1n) is 4.08. The van der Waals surface area contributed by atoms with Gasteiger partial charge in [0.05, 0.1) is 5.60 Å². The fourth-order valence-electron chi connectivity index (χ4n) is 1.76. The molecule has 0 aromatic rings. The zero-order valence-corrected chi connectivity index (χ0v) is 6.60. The first-order chi connectivity index (χ1) is 4.83. The van der Waals surface area contributed by atoms with Crippen molar-refractivity contribution in [2.75, 3.05) is 6.79 Å². The summed E-state index contributed by atoms with van der Waals surface area (Å²) in [6.45, 7) is 2.01. The van der Waals surface area contributed by atoms with Crippen molar-refractivity contribution < 1.29 is 9.84 Å². The largest absolute Gasteiger partial charge is 0.371 e. The van der Waals surface area contributed by atoms with Crippen molar-refractivity contribution >= 4 is 0 Å². The molecule has 0 aliphatic heterocycles. The summed E-state index contributed by atoms with van der Waals surface area (Å²) in [6, 6.07) is 0. The van der Waals surface area contributed by atoms with E-state index in [9.17, 15) is 0 Å². The second-order valence-corrected chi connectivity index (χ2v) is 3.02. The molecule has 1 rings (SSSR count). The number of rotatable bonds is 3. The van der Waals surface area contributed by atoms with E-state index in [0.29, 0.717) is 0 Å². The van der Waals surface area contributed by atoms with E-state index in [1.165, 1.54) is 12.8 Å². The van der Waals surface area contributed by atoms with Crippen LogP contribution in [0.2, 0.25) is 0 Å². The van der Waals surface area contributed by atoms with E-state index in [4.69, 9.17) is 9.84 Å². The Morgan fingerprint density at radius 1 is 1.40 bits per heavy atom. The van der Waals surface area contributed by atoms with Gasteiger partial charge in [-0.3, -0.25) is 0 Å². The average molecular weight is 144 g/mol. The number of aliphatic hydroxyl groups is 1. The van der Waals surface area contributed by atoms with Crippen molar-refractivity contribution in [2.45, 2.75) is 44.6 Å². The van der Waals surface area contributed by atoms with Crippen LogP contribution in [0.25, 0.3) is 0 Å². The van der Waals surface area contributed by atoms with Crippen LogP contribution < -0.4 is 0 Å². The van der Waals surface area contributed by atoms with Gasteiger partial charge >= 0.3 is 0 Å². The standard InChI is InChI=1S/C8H16O2/c1-2-8(10-7-9)5-3-4-6-8/h9H,2-7H2,1H3. The zero-order chi connectivity index (χ0) is 7.45. The fraction of sp³-hybridized carbons (Fsp3) is 1.00. The van der Waals surface area contributed by atoms with Gasteiger partial charge in [-0.1, -0.05) is 19.8 Å². The molecular formula is C8H16O2. The third-order valence-electron chi connectivity index (χ3n) is 2.53. The molecule has 0 aromatic carbocycles. The SMILES string of the molecule is CCC1(OCO)CCCC1. The van der Waals surface area contributed by atoms with E-state index in [1.54, 1.807) is 0 Å². The molecule has 1 N–H and O–H groups in total. The summed E-state index contributed by atoms with van der Waals surface area (Å²) in [5, 5.41) is 8.60. The number of hydrogen-bond acceptors (Lipinski definition) is 2. The summed E-state index contributed by atoms with van der Waals surface area (Å²) in [7, 11) is 0. The van der Waals surface area contributed by atoms with Gasteiger partial charge in [0.2, 0.25) is 0 Å². The van der Waals surface area contributed by atoms with Crippen LogP contribution in [0, 0.1) is 0 Å². The van der Waals surface area contributed by atoms with Crippen LogP contribution in [0.4, 0.5) is 0 Å². The maximum atomic E-state index is 8.60. The lowest BCUT2D eigenvalue weighted by atomic mass is 9.99. The van der Waals surface area contributed by atoms with Crippen LogP contribution in [0.15, 0.2) is 0 Å². The first kappa shape index (κ1) is 8.02. The second kappa shape index (κ2) is 3.35. The maximum Gasteiger partial charge on any atom is 0.144 e. The van der Waals surface area contributed by atoms with Crippen LogP contribution >= 0.6 is 0 Å². The molecule has 0 atom stereocenters. The quantitative estimate of drug-likeness (QED) is 0.610. The minimum absolute atomic E-state index is 0.0365. The van der Waals surface area contributed by atoms with E-state index in [2.05, 4.69) is 6.92 Å². The van der Waals surface area contributed by atoms with Crippen molar-refractivity contribution in [2.24, 2.45) is 0 Å². The Kier molecular flexibility index (Phi) is 2.69. The van der Waals surface area contributed by atoms with Crippen molar-refractivity contribution in [1.82, 2.24) is 0 Å². The number of hydrogen-bond donors (Lipinski definition) is 1. The summed E-state index contributed by atoms with van der Waals surface area (Å²) in [5.74, 6) is 0. The van der Waals surface area contributed by atoms with Gasteiger partial charge in [0.15, 0.2) is 0 Å². The normalized spacial score (nSPS) is 23.4. The second-order valence-electron chi connectivity index (χ2n) is 3.02. The van der Waals surface area contributed by atoms with E-state index in [-0.39, 0.29) is 12.4 Å². The van der Waals surface area contributed by atoms with E-state index in [1.807, 2.05) is 0 Å². The smallest absolute Gasteiger partial charge is 0.144 e. The predicted molar refractivity (Wildman–Crippen MR) is 39.7 cm³/mol. The predicted octanol–water partition coefficient (Wildman–Crippen LogP) is 1.68. The minimum atomic E-state index is -0.117. The van der Waals surface area contributed by atoms with Gasteiger partial charge in [0, 0.05) is 0 Å².